The molecule has 2 aromatic rings. The van der Waals surface area contributed by atoms with Gasteiger partial charge < -0.3 is 11.1 Å². The molecule has 0 fully saturated rings. The minimum absolute atomic E-state index is 0.211. The van der Waals surface area contributed by atoms with Crippen molar-refractivity contribution in [3.63, 3.8) is 0 Å². The highest BCUT2D eigenvalue weighted by atomic mass is 16.2. The SMILES string of the molecule is C=C/C=C(\C=C\CC)CC(N)C(=O)Nc1ccc(-c2ccnc(C)c2/C=C\C)cc1.CC.CC. The van der Waals surface area contributed by atoms with Gasteiger partial charge in [-0.05, 0) is 61.6 Å². The molecule has 4 nitrogen and oxygen atoms in total. The van der Waals surface area contributed by atoms with Crippen LogP contribution in [0.2, 0.25) is 0 Å². The first-order chi connectivity index (χ1) is 16.5. The molecule has 0 bridgehead atoms. The number of pyridine rings is 1. The summed E-state index contributed by atoms with van der Waals surface area (Å²) < 4.78 is 0. The average Bonchev–Trinajstić information content (AvgIpc) is 2.87. The number of nitrogens with zero attached hydrogens (tertiary/aromatic N) is 1. The Morgan fingerprint density at radius 1 is 1.15 bits per heavy atom. The predicted molar refractivity (Wildman–Crippen MR) is 151 cm³/mol. The normalized spacial score (nSPS) is 11.8. The molecule has 1 unspecified atom stereocenters. The molecule has 0 radical (unpaired) electrons. The average molecular weight is 462 g/mol. The van der Waals surface area contributed by atoms with E-state index >= 15 is 0 Å². The Kier molecular flexibility index (Phi) is 16.5. The van der Waals surface area contributed by atoms with E-state index in [4.69, 9.17) is 5.73 Å². The van der Waals surface area contributed by atoms with Crippen molar-refractivity contribution in [2.24, 2.45) is 5.73 Å². The first-order valence-electron chi connectivity index (χ1n) is 12.2. The van der Waals surface area contributed by atoms with E-state index in [2.05, 4.69) is 29.9 Å². The van der Waals surface area contributed by atoms with Crippen LogP contribution in [0.25, 0.3) is 17.2 Å². The number of benzene rings is 1. The van der Waals surface area contributed by atoms with E-state index in [0.717, 1.165) is 40.1 Å². The molecule has 1 aromatic heterocycles. The zero-order valence-corrected chi connectivity index (χ0v) is 22.1. The summed E-state index contributed by atoms with van der Waals surface area (Å²) in [5, 5.41) is 2.91. The molecule has 2 rings (SSSR count). The van der Waals surface area contributed by atoms with Crippen molar-refractivity contribution in [1.82, 2.24) is 4.98 Å². The number of hydrogen-bond acceptors (Lipinski definition) is 3. The number of rotatable bonds is 9. The van der Waals surface area contributed by atoms with Crippen molar-refractivity contribution >= 4 is 17.7 Å². The quantitative estimate of drug-likeness (QED) is 0.373. The maximum Gasteiger partial charge on any atom is 0.241 e. The third-order valence-electron chi connectivity index (χ3n) is 4.68. The van der Waals surface area contributed by atoms with Crippen LogP contribution in [0.3, 0.4) is 0 Å². The van der Waals surface area contributed by atoms with Gasteiger partial charge in [-0.2, -0.15) is 0 Å². The van der Waals surface area contributed by atoms with Crippen LogP contribution in [0.15, 0.2) is 79.1 Å². The molecule has 1 atom stereocenters. The van der Waals surface area contributed by atoms with Gasteiger partial charge in [-0.15, -0.1) is 0 Å². The number of aromatic nitrogens is 1. The number of anilines is 1. The molecule has 0 saturated carbocycles. The van der Waals surface area contributed by atoms with Crippen LogP contribution in [0.1, 0.15) is 65.6 Å². The molecule has 0 spiro atoms. The number of carbonyl (C=O) groups excluding carboxylic acids is 1. The molecule has 1 aromatic carbocycles. The van der Waals surface area contributed by atoms with Gasteiger partial charge >= 0.3 is 0 Å². The fourth-order valence-electron chi connectivity index (χ4n) is 3.13. The molecule has 0 saturated heterocycles. The van der Waals surface area contributed by atoms with Gasteiger partial charge in [-0.3, -0.25) is 9.78 Å². The monoisotopic (exact) mass is 461 g/mol. The predicted octanol–water partition coefficient (Wildman–Crippen LogP) is 7.88. The van der Waals surface area contributed by atoms with Gasteiger partial charge in [0.1, 0.15) is 0 Å². The lowest BCUT2D eigenvalue weighted by Crippen LogP contribution is -2.35. The van der Waals surface area contributed by atoms with Crippen LogP contribution in [0.4, 0.5) is 5.69 Å². The third-order valence-corrected chi connectivity index (χ3v) is 4.68. The highest BCUT2D eigenvalue weighted by molar-refractivity contribution is 5.95. The second-order valence-electron chi connectivity index (χ2n) is 7.02. The minimum atomic E-state index is -0.637. The number of nitrogens with one attached hydrogen (secondary N) is 1. The Morgan fingerprint density at radius 3 is 2.35 bits per heavy atom. The number of hydrogen-bond donors (Lipinski definition) is 2. The molecule has 4 heteroatoms. The fourth-order valence-corrected chi connectivity index (χ4v) is 3.13. The van der Waals surface area contributed by atoms with Crippen LogP contribution in [0, 0.1) is 6.92 Å². The number of aryl methyl sites for hydroxylation is 1. The van der Waals surface area contributed by atoms with Crippen LogP contribution >= 0.6 is 0 Å². The third kappa shape index (κ3) is 10.1. The van der Waals surface area contributed by atoms with E-state index in [-0.39, 0.29) is 5.91 Å². The van der Waals surface area contributed by atoms with E-state index in [1.165, 1.54) is 0 Å². The van der Waals surface area contributed by atoms with E-state index in [9.17, 15) is 4.79 Å². The van der Waals surface area contributed by atoms with Crippen LogP contribution in [0.5, 0.6) is 0 Å². The van der Waals surface area contributed by atoms with Crippen LogP contribution < -0.4 is 11.1 Å². The first kappa shape index (κ1) is 30.8. The lowest BCUT2D eigenvalue weighted by molar-refractivity contribution is -0.117. The van der Waals surface area contributed by atoms with Crippen molar-refractivity contribution in [1.29, 1.82) is 0 Å². The summed E-state index contributed by atoms with van der Waals surface area (Å²) >= 11 is 0. The summed E-state index contributed by atoms with van der Waals surface area (Å²) in [7, 11) is 0. The molecule has 0 aliphatic carbocycles. The van der Waals surface area contributed by atoms with E-state index < -0.39 is 6.04 Å². The van der Waals surface area contributed by atoms with E-state index in [0.29, 0.717) is 6.42 Å². The van der Waals surface area contributed by atoms with Gasteiger partial charge in [0.15, 0.2) is 0 Å². The lowest BCUT2D eigenvalue weighted by Gasteiger charge is -2.14. The summed E-state index contributed by atoms with van der Waals surface area (Å²) in [4.78, 5) is 16.9. The summed E-state index contributed by atoms with van der Waals surface area (Å²) in [6.45, 7) is 17.8. The Bertz CT molecular complexity index is 954. The topological polar surface area (TPSA) is 68.0 Å². The van der Waals surface area contributed by atoms with Gasteiger partial charge in [0.05, 0.1) is 6.04 Å². The van der Waals surface area contributed by atoms with Crippen molar-refractivity contribution in [2.45, 2.75) is 67.3 Å². The first-order valence-corrected chi connectivity index (χ1v) is 12.2. The fraction of sp³-hybridized carbons (Fsp3) is 0.333. The van der Waals surface area contributed by atoms with Gasteiger partial charge in [0, 0.05) is 23.1 Å². The second-order valence-corrected chi connectivity index (χ2v) is 7.02. The lowest BCUT2D eigenvalue weighted by atomic mass is 9.98. The standard InChI is InChI=1S/C26H31N3O.2C2H6/c1-5-8-11-20(9-6-2)18-25(27)26(30)29-22-14-12-21(13-15-22)24-16-17-28-19(4)23(24)10-7-3;2*1-2/h6-17,25H,2,5,18,27H2,1,3-4H3,(H,29,30);2*1-2H3/b10-7-,11-8+,20-9+;;. The van der Waals surface area contributed by atoms with Crippen molar-refractivity contribution in [3.8, 4) is 11.1 Å². The maximum absolute atomic E-state index is 12.5. The van der Waals surface area contributed by atoms with Gasteiger partial charge in [-0.1, -0.05) is 89.8 Å². The van der Waals surface area contributed by atoms with Crippen LogP contribution in [-0.4, -0.2) is 16.9 Å². The van der Waals surface area contributed by atoms with E-state index in [1.807, 2.05) is 102 Å². The molecular formula is C30H43N3O. The molecule has 1 heterocycles. The summed E-state index contributed by atoms with van der Waals surface area (Å²) in [5.74, 6) is -0.211. The number of nitrogens with two attached hydrogens (primary N) is 1. The van der Waals surface area contributed by atoms with Gasteiger partial charge in [0.2, 0.25) is 5.91 Å². The Labute approximate surface area is 207 Å². The van der Waals surface area contributed by atoms with Gasteiger partial charge in [0.25, 0.3) is 0 Å². The molecule has 3 N–H and O–H groups in total. The molecule has 0 aliphatic rings. The second kappa shape index (κ2) is 18.2. The molecule has 184 valence electrons. The molecule has 1 amide bonds. The van der Waals surface area contributed by atoms with Crippen molar-refractivity contribution < 1.29 is 4.79 Å². The van der Waals surface area contributed by atoms with Crippen molar-refractivity contribution in [2.75, 3.05) is 5.32 Å². The summed E-state index contributed by atoms with van der Waals surface area (Å²) in [5.41, 5.74) is 12.1. The Morgan fingerprint density at radius 2 is 1.79 bits per heavy atom. The highest BCUT2D eigenvalue weighted by Crippen LogP contribution is 2.27. The van der Waals surface area contributed by atoms with Crippen LogP contribution in [-0.2, 0) is 4.79 Å². The number of carbonyl (C=O) groups is 1. The smallest absolute Gasteiger partial charge is 0.241 e. The zero-order valence-electron chi connectivity index (χ0n) is 22.1. The maximum atomic E-state index is 12.5. The number of amides is 1. The zero-order chi connectivity index (χ0) is 25.9. The minimum Gasteiger partial charge on any atom is -0.325 e. The molecular weight excluding hydrogens is 418 g/mol. The van der Waals surface area contributed by atoms with Crippen molar-refractivity contribution in [3.05, 3.63) is 90.3 Å². The summed E-state index contributed by atoms with van der Waals surface area (Å²) in [6.07, 6.45) is 14.9. The molecule has 0 aliphatic heterocycles. The number of allylic oxidation sites excluding steroid dienone is 5. The summed E-state index contributed by atoms with van der Waals surface area (Å²) in [6, 6.07) is 9.15. The highest BCUT2D eigenvalue weighted by Gasteiger charge is 2.15. The largest absolute Gasteiger partial charge is 0.325 e. The Hall–Kier alpha value is -3.24. The Balaban J connectivity index is 0.00000258. The molecule has 34 heavy (non-hydrogen) atoms. The van der Waals surface area contributed by atoms with E-state index in [1.54, 1.807) is 6.08 Å². The van der Waals surface area contributed by atoms with Gasteiger partial charge in [-0.25, -0.2) is 0 Å².